The first-order valence-corrected chi connectivity index (χ1v) is 13.7. The highest BCUT2D eigenvalue weighted by Gasteiger charge is 2.47. The van der Waals surface area contributed by atoms with Gasteiger partial charge in [0.1, 0.15) is 0 Å². The number of nitrogens with zero attached hydrogens (tertiary/aromatic N) is 4. The molecule has 3 aliphatic rings. The number of alkyl halides is 3. The van der Waals surface area contributed by atoms with E-state index in [0.29, 0.717) is 44.5 Å². The van der Waals surface area contributed by atoms with Crippen molar-refractivity contribution in [1.29, 1.82) is 0 Å². The second kappa shape index (κ2) is 10.5. The quantitative estimate of drug-likeness (QED) is 0.500. The van der Waals surface area contributed by atoms with Gasteiger partial charge in [0, 0.05) is 37.5 Å². The molecule has 1 aromatic carbocycles. The van der Waals surface area contributed by atoms with E-state index in [4.69, 9.17) is 4.84 Å². The fourth-order valence-corrected chi connectivity index (χ4v) is 5.85. The minimum absolute atomic E-state index is 0.0547. The van der Waals surface area contributed by atoms with Gasteiger partial charge in [-0.15, -0.1) is 0 Å². The predicted molar refractivity (Wildman–Crippen MR) is 138 cm³/mol. The van der Waals surface area contributed by atoms with Crippen molar-refractivity contribution in [2.24, 2.45) is 0 Å². The fraction of sp³-hybridized carbons (Fsp3) is 0.607. The molecular weight excluding hydrogens is 511 g/mol. The van der Waals surface area contributed by atoms with Crippen molar-refractivity contribution in [2.45, 2.75) is 82.5 Å². The van der Waals surface area contributed by atoms with Crippen LogP contribution in [0.25, 0.3) is 0 Å². The summed E-state index contributed by atoms with van der Waals surface area (Å²) >= 11 is 0. The first kappa shape index (κ1) is 27.5. The number of benzene rings is 1. The minimum atomic E-state index is -4.43. The van der Waals surface area contributed by atoms with Crippen LogP contribution in [0.15, 0.2) is 30.5 Å². The summed E-state index contributed by atoms with van der Waals surface area (Å²) < 4.78 is 42.8. The van der Waals surface area contributed by atoms with E-state index in [1.54, 1.807) is 22.1 Å². The number of rotatable bonds is 6. The number of aromatic nitrogens is 2. The normalized spacial score (nSPS) is 21.5. The number of hydrogen-bond donors (Lipinski definition) is 1. The fourth-order valence-electron chi connectivity index (χ4n) is 5.85. The molecule has 1 aromatic heterocycles. The van der Waals surface area contributed by atoms with Gasteiger partial charge in [-0.3, -0.25) is 14.3 Å². The van der Waals surface area contributed by atoms with Gasteiger partial charge in [-0.1, -0.05) is 25.1 Å². The highest BCUT2D eigenvalue weighted by molar-refractivity contribution is 5.96. The van der Waals surface area contributed by atoms with Crippen LogP contribution in [-0.2, 0) is 16.4 Å². The Kier molecular flexibility index (Phi) is 7.39. The summed E-state index contributed by atoms with van der Waals surface area (Å²) in [6, 6.07) is 5.46. The molecule has 2 saturated heterocycles. The van der Waals surface area contributed by atoms with Crippen molar-refractivity contribution in [2.75, 3.05) is 26.2 Å². The molecular formula is C28H36F3N5O3. The van der Waals surface area contributed by atoms with E-state index < -0.39 is 11.7 Å². The van der Waals surface area contributed by atoms with E-state index in [9.17, 15) is 22.8 Å². The molecule has 5 rings (SSSR count). The summed E-state index contributed by atoms with van der Waals surface area (Å²) in [7, 11) is 0. The van der Waals surface area contributed by atoms with Gasteiger partial charge in [-0.05, 0) is 57.6 Å². The highest BCUT2D eigenvalue weighted by Crippen LogP contribution is 2.50. The maximum Gasteiger partial charge on any atom is 0.416 e. The molecule has 0 spiro atoms. The standard InChI is InChI=1S/C28H36F3N5O3/c1-18(2)39-33-26(38)34-14-9-20(10-15-34)36-24(27(3)11-12-27)22(16-32-36)25(37)35-13-8-19(17-35)21-6-4-5-7-23(21)28(29,30)31/h4-7,16,18-20H,8-15,17H2,1-3H3,(H,33,38). The monoisotopic (exact) mass is 547 g/mol. The summed E-state index contributed by atoms with van der Waals surface area (Å²) in [5, 5.41) is 4.67. The second-order valence-corrected chi connectivity index (χ2v) is 11.5. The van der Waals surface area contributed by atoms with Crippen LogP contribution in [0.3, 0.4) is 0 Å². The Morgan fingerprint density at radius 1 is 1.08 bits per heavy atom. The van der Waals surface area contributed by atoms with Gasteiger partial charge in [-0.2, -0.15) is 18.3 Å². The highest BCUT2D eigenvalue weighted by atomic mass is 19.4. The average Bonchev–Trinajstić information content (AvgIpc) is 3.31. The largest absolute Gasteiger partial charge is 0.416 e. The van der Waals surface area contributed by atoms with E-state index in [-0.39, 0.29) is 47.5 Å². The third-order valence-electron chi connectivity index (χ3n) is 8.26. The van der Waals surface area contributed by atoms with Crippen LogP contribution in [0.4, 0.5) is 18.0 Å². The number of carbonyl (C=O) groups excluding carboxylic acids is 2. The Morgan fingerprint density at radius 3 is 2.38 bits per heavy atom. The Hall–Kier alpha value is -3.08. The molecule has 2 aromatic rings. The summed E-state index contributed by atoms with van der Waals surface area (Å²) in [5.74, 6) is -0.532. The summed E-state index contributed by atoms with van der Waals surface area (Å²) in [6.45, 7) is 7.56. The molecule has 8 nitrogen and oxygen atoms in total. The SMILES string of the molecule is CC(C)ONC(=O)N1CCC(n2ncc(C(=O)N3CCC(c4ccccc4C(F)(F)F)C3)c2C2(C)CC2)CC1. The second-order valence-electron chi connectivity index (χ2n) is 11.5. The van der Waals surface area contributed by atoms with Crippen molar-refractivity contribution in [1.82, 2.24) is 25.1 Å². The van der Waals surface area contributed by atoms with E-state index >= 15 is 0 Å². The number of amides is 3. The molecule has 1 saturated carbocycles. The molecule has 3 fully saturated rings. The third kappa shape index (κ3) is 5.64. The number of hydroxylamine groups is 1. The zero-order valence-corrected chi connectivity index (χ0v) is 22.6. The van der Waals surface area contributed by atoms with Crippen molar-refractivity contribution in [3.05, 3.63) is 52.8 Å². The molecule has 11 heteroatoms. The van der Waals surface area contributed by atoms with Gasteiger partial charge in [0.05, 0.1) is 35.2 Å². The average molecular weight is 548 g/mol. The molecule has 0 radical (unpaired) electrons. The van der Waals surface area contributed by atoms with Crippen LogP contribution in [0.1, 0.15) is 92.0 Å². The Bertz CT molecular complexity index is 1220. The first-order chi connectivity index (χ1) is 18.5. The number of halogens is 3. The molecule has 1 N–H and O–H groups in total. The maximum atomic E-state index is 13.7. The number of piperidine rings is 1. The predicted octanol–water partition coefficient (Wildman–Crippen LogP) is 5.27. The number of hydrogen-bond acceptors (Lipinski definition) is 4. The Morgan fingerprint density at radius 2 is 1.74 bits per heavy atom. The number of urea groups is 1. The number of likely N-dealkylation sites (tertiary alicyclic amines) is 2. The van der Waals surface area contributed by atoms with E-state index in [2.05, 4.69) is 17.5 Å². The van der Waals surface area contributed by atoms with Gasteiger partial charge in [-0.25, -0.2) is 10.3 Å². The Balaban J connectivity index is 1.30. The molecule has 0 bridgehead atoms. The maximum absolute atomic E-state index is 13.7. The van der Waals surface area contributed by atoms with Crippen LogP contribution in [0.2, 0.25) is 0 Å². The van der Waals surface area contributed by atoms with Crippen LogP contribution >= 0.6 is 0 Å². The zero-order chi connectivity index (χ0) is 27.9. The number of carbonyl (C=O) groups is 2. The summed E-state index contributed by atoms with van der Waals surface area (Å²) in [5.41, 5.74) is 3.42. The summed E-state index contributed by atoms with van der Waals surface area (Å²) in [6.07, 6.45) is 0.886. The molecule has 3 amide bonds. The molecule has 1 aliphatic carbocycles. The third-order valence-corrected chi connectivity index (χ3v) is 8.26. The van der Waals surface area contributed by atoms with Crippen LogP contribution in [0, 0.1) is 0 Å². The molecule has 3 heterocycles. The zero-order valence-electron chi connectivity index (χ0n) is 22.6. The molecule has 212 valence electrons. The van der Waals surface area contributed by atoms with Crippen molar-refractivity contribution < 1.29 is 27.6 Å². The molecule has 39 heavy (non-hydrogen) atoms. The minimum Gasteiger partial charge on any atom is -0.338 e. The van der Waals surface area contributed by atoms with E-state index in [1.165, 1.54) is 12.1 Å². The van der Waals surface area contributed by atoms with Gasteiger partial charge >= 0.3 is 12.2 Å². The lowest BCUT2D eigenvalue weighted by Gasteiger charge is -2.33. The van der Waals surface area contributed by atoms with Gasteiger partial charge < -0.3 is 9.80 Å². The smallest absolute Gasteiger partial charge is 0.338 e. The topological polar surface area (TPSA) is 79.7 Å². The van der Waals surface area contributed by atoms with Crippen LogP contribution < -0.4 is 5.48 Å². The molecule has 1 atom stereocenters. The van der Waals surface area contributed by atoms with Gasteiger partial charge in [0.15, 0.2) is 0 Å². The van der Waals surface area contributed by atoms with Crippen molar-refractivity contribution >= 4 is 11.9 Å². The lowest BCUT2D eigenvalue weighted by atomic mass is 9.93. The van der Waals surface area contributed by atoms with E-state index in [1.807, 2.05) is 18.5 Å². The summed E-state index contributed by atoms with van der Waals surface area (Å²) in [4.78, 5) is 34.7. The first-order valence-electron chi connectivity index (χ1n) is 13.7. The van der Waals surface area contributed by atoms with Gasteiger partial charge in [0.2, 0.25) is 0 Å². The molecule has 2 aliphatic heterocycles. The van der Waals surface area contributed by atoms with Crippen molar-refractivity contribution in [3.63, 3.8) is 0 Å². The molecule has 1 unspecified atom stereocenters. The lowest BCUT2D eigenvalue weighted by Crippen LogP contribution is -2.45. The van der Waals surface area contributed by atoms with Crippen LogP contribution in [-0.4, -0.2) is 63.8 Å². The van der Waals surface area contributed by atoms with Crippen LogP contribution in [0.5, 0.6) is 0 Å². The number of nitrogens with one attached hydrogen (secondary N) is 1. The lowest BCUT2D eigenvalue weighted by molar-refractivity contribution is -0.138. The Labute approximate surface area is 226 Å². The van der Waals surface area contributed by atoms with Crippen molar-refractivity contribution in [3.8, 4) is 0 Å². The van der Waals surface area contributed by atoms with Gasteiger partial charge in [0.25, 0.3) is 5.91 Å². The van der Waals surface area contributed by atoms with E-state index in [0.717, 1.165) is 24.6 Å².